The number of fused-ring (bicyclic) bond motifs is 1. The van der Waals surface area contributed by atoms with E-state index < -0.39 is 10.0 Å². The first kappa shape index (κ1) is 20.2. The van der Waals surface area contributed by atoms with Gasteiger partial charge in [-0.3, -0.25) is 4.79 Å². The molecule has 1 fully saturated rings. The Morgan fingerprint density at radius 1 is 1.24 bits per heavy atom. The molecule has 25 heavy (non-hydrogen) atoms. The van der Waals surface area contributed by atoms with Gasteiger partial charge in [-0.2, -0.15) is 0 Å². The fourth-order valence-corrected chi connectivity index (χ4v) is 4.91. The lowest BCUT2D eigenvalue weighted by Crippen LogP contribution is -2.47. The normalized spacial score (nSPS) is 18.4. The van der Waals surface area contributed by atoms with Gasteiger partial charge in [0.25, 0.3) is 5.91 Å². The zero-order chi connectivity index (χ0) is 17.2. The van der Waals surface area contributed by atoms with E-state index >= 15 is 0 Å². The number of benzene rings is 1. The highest BCUT2D eigenvalue weighted by Crippen LogP contribution is 2.19. The zero-order valence-corrected chi connectivity index (χ0v) is 16.1. The number of nitrogens with one attached hydrogen (secondary N) is 2. The van der Waals surface area contributed by atoms with Gasteiger partial charge in [0.2, 0.25) is 10.0 Å². The van der Waals surface area contributed by atoms with Crippen molar-refractivity contribution in [3.63, 3.8) is 0 Å². The third-order valence-corrected chi connectivity index (χ3v) is 6.82. The molecule has 1 amide bonds. The third kappa shape index (κ3) is 4.73. The van der Waals surface area contributed by atoms with E-state index in [9.17, 15) is 13.2 Å². The number of carbonyl (C=O) groups excluding carboxylic acids is 1. The summed E-state index contributed by atoms with van der Waals surface area (Å²) >= 11 is 0. The molecule has 0 unspecified atom stereocenters. The Kier molecular flexibility index (Phi) is 6.85. The maximum Gasteiger partial charge on any atom is 0.251 e. The van der Waals surface area contributed by atoms with Gasteiger partial charge in [-0.1, -0.05) is 13.0 Å². The molecule has 2 heterocycles. The second-order valence-corrected chi connectivity index (χ2v) is 8.64. The van der Waals surface area contributed by atoms with Crippen molar-refractivity contribution >= 4 is 28.3 Å². The van der Waals surface area contributed by atoms with E-state index in [0.29, 0.717) is 37.9 Å². The van der Waals surface area contributed by atoms with Crippen LogP contribution in [0.4, 0.5) is 0 Å². The van der Waals surface area contributed by atoms with E-state index in [4.69, 9.17) is 0 Å². The van der Waals surface area contributed by atoms with Crippen molar-refractivity contribution in [1.82, 2.24) is 14.9 Å². The van der Waals surface area contributed by atoms with E-state index in [0.717, 1.165) is 13.1 Å². The molecule has 2 aliphatic heterocycles. The van der Waals surface area contributed by atoms with E-state index in [1.54, 1.807) is 4.31 Å². The maximum absolute atomic E-state index is 12.4. The van der Waals surface area contributed by atoms with Crippen molar-refractivity contribution in [1.29, 1.82) is 0 Å². The summed E-state index contributed by atoms with van der Waals surface area (Å²) in [5, 5.41) is 6.32. The molecule has 1 saturated heterocycles. The minimum atomic E-state index is -3.13. The van der Waals surface area contributed by atoms with Crippen LogP contribution in [0, 0.1) is 0 Å². The smallest absolute Gasteiger partial charge is 0.251 e. The lowest BCUT2D eigenvalue weighted by molar-refractivity contribution is 0.0923. The highest BCUT2D eigenvalue weighted by Gasteiger charge is 2.28. The largest absolute Gasteiger partial charge is 0.349 e. The van der Waals surface area contributed by atoms with Gasteiger partial charge in [0, 0.05) is 37.8 Å². The van der Waals surface area contributed by atoms with Crippen molar-refractivity contribution in [2.45, 2.75) is 45.3 Å². The molecule has 0 aliphatic carbocycles. The predicted molar refractivity (Wildman–Crippen MR) is 100 cm³/mol. The van der Waals surface area contributed by atoms with Crippen molar-refractivity contribution in [2.24, 2.45) is 0 Å². The number of piperidine rings is 1. The summed E-state index contributed by atoms with van der Waals surface area (Å²) < 4.78 is 25.7. The second-order valence-electron chi connectivity index (χ2n) is 6.55. The van der Waals surface area contributed by atoms with E-state index in [1.807, 2.05) is 25.1 Å². The van der Waals surface area contributed by atoms with Gasteiger partial charge in [0.15, 0.2) is 0 Å². The predicted octanol–water partition coefficient (Wildman–Crippen LogP) is 1.65. The van der Waals surface area contributed by atoms with Gasteiger partial charge >= 0.3 is 0 Å². The van der Waals surface area contributed by atoms with Crippen LogP contribution in [0.25, 0.3) is 0 Å². The molecule has 0 bridgehead atoms. The van der Waals surface area contributed by atoms with E-state index in [-0.39, 0.29) is 30.1 Å². The standard InChI is InChI=1S/C17H25N3O3S.ClH/c1-2-9-24(22,23)20-7-5-16(6-8-20)19-17(21)13-3-4-14-11-18-12-15(14)10-13;/h3-4,10,16,18H,2,5-9,11-12H2,1H3,(H,19,21);1H. The van der Waals surface area contributed by atoms with E-state index in [1.165, 1.54) is 11.1 Å². The Morgan fingerprint density at radius 3 is 2.60 bits per heavy atom. The lowest BCUT2D eigenvalue weighted by atomic mass is 10.0. The summed E-state index contributed by atoms with van der Waals surface area (Å²) in [7, 11) is -3.13. The quantitative estimate of drug-likeness (QED) is 0.805. The number of carbonyl (C=O) groups is 1. The first-order valence-electron chi connectivity index (χ1n) is 8.61. The fraction of sp³-hybridized carbons (Fsp3) is 0.588. The van der Waals surface area contributed by atoms with Crippen molar-refractivity contribution in [3.8, 4) is 0 Å². The molecular weight excluding hydrogens is 362 g/mol. The highest BCUT2D eigenvalue weighted by atomic mass is 35.5. The van der Waals surface area contributed by atoms with Gasteiger partial charge in [0.05, 0.1) is 5.75 Å². The molecule has 0 spiro atoms. The molecule has 2 aliphatic rings. The molecule has 0 radical (unpaired) electrons. The molecule has 0 aromatic heterocycles. The molecule has 3 rings (SSSR count). The average molecular weight is 388 g/mol. The van der Waals surface area contributed by atoms with Crippen molar-refractivity contribution < 1.29 is 13.2 Å². The molecular formula is C17H26ClN3O3S. The summed E-state index contributed by atoms with van der Waals surface area (Å²) in [6.07, 6.45) is 1.97. The summed E-state index contributed by atoms with van der Waals surface area (Å²) in [4.78, 5) is 12.4. The van der Waals surface area contributed by atoms with Gasteiger partial charge in [-0.15, -0.1) is 12.4 Å². The second kappa shape index (κ2) is 8.49. The number of halogens is 1. The SMILES string of the molecule is CCCS(=O)(=O)N1CCC(NC(=O)c2ccc3c(c2)CNC3)CC1.Cl. The Hall–Kier alpha value is -1.15. The molecule has 2 N–H and O–H groups in total. The van der Waals surface area contributed by atoms with Crippen LogP contribution in [0.1, 0.15) is 47.7 Å². The Labute approximate surface area is 155 Å². The number of amides is 1. The molecule has 8 heteroatoms. The van der Waals surface area contributed by atoms with Crippen LogP contribution in [0.3, 0.4) is 0 Å². The first-order valence-corrected chi connectivity index (χ1v) is 10.2. The Balaban J connectivity index is 0.00000225. The minimum absolute atomic E-state index is 0. The van der Waals surface area contributed by atoms with Crippen LogP contribution >= 0.6 is 12.4 Å². The fourth-order valence-electron chi connectivity index (χ4n) is 3.37. The van der Waals surface area contributed by atoms with Crippen molar-refractivity contribution in [3.05, 3.63) is 34.9 Å². The number of hydrogen-bond donors (Lipinski definition) is 2. The van der Waals surface area contributed by atoms with Gasteiger partial charge in [-0.25, -0.2) is 12.7 Å². The zero-order valence-electron chi connectivity index (χ0n) is 14.5. The molecule has 0 atom stereocenters. The van der Waals surface area contributed by atoms with Crippen LogP contribution in [-0.2, 0) is 23.1 Å². The van der Waals surface area contributed by atoms with Crippen LogP contribution in [0.5, 0.6) is 0 Å². The minimum Gasteiger partial charge on any atom is -0.349 e. The molecule has 6 nitrogen and oxygen atoms in total. The Bertz CT molecular complexity index is 716. The Morgan fingerprint density at radius 2 is 1.92 bits per heavy atom. The van der Waals surface area contributed by atoms with Crippen LogP contribution in [-0.4, -0.2) is 43.5 Å². The number of sulfonamides is 1. The molecule has 1 aromatic carbocycles. The summed E-state index contributed by atoms with van der Waals surface area (Å²) in [6, 6.07) is 5.86. The van der Waals surface area contributed by atoms with Crippen molar-refractivity contribution in [2.75, 3.05) is 18.8 Å². The van der Waals surface area contributed by atoms with Crippen LogP contribution < -0.4 is 10.6 Å². The first-order chi connectivity index (χ1) is 11.5. The topological polar surface area (TPSA) is 78.5 Å². The maximum atomic E-state index is 12.4. The highest BCUT2D eigenvalue weighted by molar-refractivity contribution is 7.89. The lowest BCUT2D eigenvalue weighted by Gasteiger charge is -2.31. The number of nitrogens with zero attached hydrogens (tertiary/aromatic N) is 1. The van der Waals surface area contributed by atoms with Gasteiger partial charge in [-0.05, 0) is 42.5 Å². The van der Waals surface area contributed by atoms with E-state index in [2.05, 4.69) is 10.6 Å². The number of rotatable bonds is 5. The average Bonchev–Trinajstić information content (AvgIpc) is 3.03. The molecule has 140 valence electrons. The summed E-state index contributed by atoms with van der Waals surface area (Å²) in [5.41, 5.74) is 3.11. The summed E-state index contributed by atoms with van der Waals surface area (Å²) in [6.45, 7) is 4.52. The molecule has 0 saturated carbocycles. The molecule has 1 aromatic rings. The summed E-state index contributed by atoms with van der Waals surface area (Å²) in [5.74, 6) is 0.132. The monoisotopic (exact) mass is 387 g/mol. The van der Waals surface area contributed by atoms with Gasteiger partial charge in [0.1, 0.15) is 0 Å². The van der Waals surface area contributed by atoms with Gasteiger partial charge < -0.3 is 10.6 Å². The number of hydrogen-bond acceptors (Lipinski definition) is 4. The van der Waals surface area contributed by atoms with Crippen LogP contribution in [0.2, 0.25) is 0 Å². The third-order valence-electron chi connectivity index (χ3n) is 4.74. The van der Waals surface area contributed by atoms with Crippen LogP contribution in [0.15, 0.2) is 18.2 Å².